The van der Waals surface area contributed by atoms with Crippen LogP contribution >= 0.6 is 0 Å². The molecular weight excluding hydrogens is 200 g/mol. The van der Waals surface area contributed by atoms with Crippen molar-refractivity contribution < 1.29 is 4.74 Å². The van der Waals surface area contributed by atoms with Gasteiger partial charge in [-0.1, -0.05) is 6.07 Å². The summed E-state index contributed by atoms with van der Waals surface area (Å²) in [6, 6.07) is 7.08. The molecule has 3 nitrogen and oxygen atoms in total. The Kier molecular flexibility index (Phi) is 2.48. The van der Waals surface area contributed by atoms with Crippen LogP contribution < -0.4 is 15.0 Å². The van der Waals surface area contributed by atoms with E-state index in [2.05, 4.69) is 28.4 Å². The average Bonchev–Trinajstić information content (AvgIpc) is 2.37. The Bertz CT molecular complexity index is 392. The van der Waals surface area contributed by atoms with Gasteiger partial charge in [-0.2, -0.15) is 0 Å². The van der Waals surface area contributed by atoms with E-state index in [-0.39, 0.29) is 0 Å². The van der Waals surface area contributed by atoms with Crippen molar-refractivity contribution in [3.63, 3.8) is 0 Å². The normalized spacial score (nSPS) is 23.6. The first-order chi connectivity index (χ1) is 7.90. The van der Waals surface area contributed by atoms with E-state index in [1.165, 1.54) is 17.7 Å². The minimum Gasteiger partial charge on any atom is -0.496 e. The predicted octanol–water partition coefficient (Wildman–Crippen LogP) is 1.42. The molecule has 0 bridgehead atoms. The fourth-order valence-corrected chi connectivity index (χ4v) is 2.91. The van der Waals surface area contributed by atoms with Gasteiger partial charge in [0.1, 0.15) is 5.75 Å². The molecule has 0 unspecified atom stereocenters. The highest BCUT2D eigenvalue weighted by molar-refractivity contribution is 5.62. The minimum atomic E-state index is 0.674. The number of hydrogen-bond donors (Lipinski definition) is 1. The third-order valence-electron chi connectivity index (χ3n) is 3.72. The molecule has 2 aliphatic rings. The van der Waals surface area contributed by atoms with Gasteiger partial charge in [-0.15, -0.1) is 0 Å². The molecule has 0 aliphatic carbocycles. The van der Waals surface area contributed by atoms with Gasteiger partial charge >= 0.3 is 0 Å². The summed E-state index contributed by atoms with van der Waals surface area (Å²) in [5.41, 5.74) is 2.78. The largest absolute Gasteiger partial charge is 0.496 e. The molecule has 0 aromatic heterocycles. The zero-order valence-corrected chi connectivity index (χ0v) is 9.70. The molecule has 3 heteroatoms. The highest BCUT2D eigenvalue weighted by atomic mass is 16.5. The second-order valence-corrected chi connectivity index (χ2v) is 4.55. The van der Waals surface area contributed by atoms with Crippen molar-refractivity contribution in [3.05, 3.63) is 23.8 Å². The van der Waals surface area contributed by atoms with Gasteiger partial charge < -0.3 is 15.0 Å². The maximum absolute atomic E-state index is 5.45. The van der Waals surface area contributed by atoms with Crippen LogP contribution in [0.5, 0.6) is 5.75 Å². The molecule has 16 heavy (non-hydrogen) atoms. The van der Waals surface area contributed by atoms with Gasteiger partial charge in [0.15, 0.2) is 0 Å². The summed E-state index contributed by atoms with van der Waals surface area (Å²) >= 11 is 0. The molecule has 0 spiro atoms. The summed E-state index contributed by atoms with van der Waals surface area (Å²) in [6.07, 6.45) is 2.38. The number of ether oxygens (including phenoxy) is 1. The number of methoxy groups -OCH3 is 1. The number of fused-ring (bicyclic) bond motifs is 3. The van der Waals surface area contributed by atoms with Crippen LogP contribution in [-0.2, 0) is 6.42 Å². The molecule has 1 aromatic carbocycles. The maximum atomic E-state index is 5.45. The molecule has 0 amide bonds. The first-order valence-corrected chi connectivity index (χ1v) is 6.03. The summed E-state index contributed by atoms with van der Waals surface area (Å²) in [5.74, 6) is 1.05. The third kappa shape index (κ3) is 1.47. The number of piperazine rings is 1. The number of nitrogens with zero attached hydrogens (tertiary/aromatic N) is 1. The van der Waals surface area contributed by atoms with E-state index in [0.717, 1.165) is 31.8 Å². The van der Waals surface area contributed by atoms with Crippen LogP contribution in [0, 0.1) is 0 Å². The molecule has 3 rings (SSSR count). The minimum absolute atomic E-state index is 0.674. The molecule has 2 heterocycles. The summed E-state index contributed by atoms with van der Waals surface area (Å²) in [5, 5.41) is 3.47. The molecular formula is C13H18N2O. The van der Waals surface area contributed by atoms with Crippen molar-refractivity contribution >= 4 is 5.69 Å². The predicted molar refractivity (Wildman–Crippen MR) is 65.3 cm³/mol. The van der Waals surface area contributed by atoms with E-state index < -0.39 is 0 Å². The molecule has 1 aromatic rings. The number of benzene rings is 1. The molecule has 2 aliphatic heterocycles. The Morgan fingerprint density at radius 3 is 3.25 bits per heavy atom. The van der Waals surface area contributed by atoms with E-state index >= 15 is 0 Å². The van der Waals surface area contributed by atoms with Crippen molar-refractivity contribution in [2.24, 2.45) is 0 Å². The van der Waals surface area contributed by atoms with Gasteiger partial charge in [0.2, 0.25) is 0 Å². The Morgan fingerprint density at radius 1 is 1.44 bits per heavy atom. The lowest BCUT2D eigenvalue weighted by Crippen LogP contribution is -2.53. The highest BCUT2D eigenvalue weighted by Crippen LogP contribution is 2.36. The fourth-order valence-electron chi connectivity index (χ4n) is 2.91. The van der Waals surface area contributed by atoms with Crippen LogP contribution in [0.3, 0.4) is 0 Å². The topological polar surface area (TPSA) is 24.5 Å². The smallest absolute Gasteiger partial charge is 0.124 e. The van der Waals surface area contributed by atoms with E-state index in [1.54, 1.807) is 7.11 Å². The molecule has 86 valence electrons. The zero-order valence-electron chi connectivity index (χ0n) is 9.70. The van der Waals surface area contributed by atoms with Gasteiger partial charge in [-0.05, 0) is 25.0 Å². The number of rotatable bonds is 1. The van der Waals surface area contributed by atoms with Gasteiger partial charge in [0.25, 0.3) is 0 Å². The number of anilines is 1. The van der Waals surface area contributed by atoms with E-state index in [4.69, 9.17) is 4.74 Å². The van der Waals surface area contributed by atoms with Gasteiger partial charge in [-0.25, -0.2) is 0 Å². The Hall–Kier alpha value is -1.22. The zero-order chi connectivity index (χ0) is 11.0. The van der Waals surface area contributed by atoms with E-state index in [1.807, 2.05) is 0 Å². The first-order valence-electron chi connectivity index (χ1n) is 6.03. The van der Waals surface area contributed by atoms with Crippen LogP contribution in [0.2, 0.25) is 0 Å². The van der Waals surface area contributed by atoms with E-state index in [9.17, 15) is 0 Å². The van der Waals surface area contributed by atoms with Crippen molar-refractivity contribution in [1.29, 1.82) is 0 Å². The second kappa shape index (κ2) is 3.98. The summed E-state index contributed by atoms with van der Waals surface area (Å²) in [7, 11) is 1.76. The van der Waals surface area contributed by atoms with Crippen LogP contribution in [0.1, 0.15) is 12.0 Å². The standard InChI is InChI=1S/C13H18N2O/c1-16-13-4-2-3-12-11(13)6-5-10-9-14-7-8-15(10)12/h2-4,10,14H,5-9H2,1H3/t10-/m1/s1. The summed E-state index contributed by atoms with van der Waals surface area (Å²) in [6.45, 7) is 3.33. The van der Waals surface area contributed by atoms with Gasteiger partial charge in [0, 0.05) is 36.9 Å². The molecule has 1 saturated heterocycles. The molecule has 0 radical (unpaired) electrons. The molecule has 0 saturated carbocycles. The summed E-state index contributed by atoms with van der Waals surface area (Å²) < 4.78 is 5.45. The second-order valence-electron chi connectivity index (χ2n) is 4.55. The lowest BCUT2D eigenvalue weighted by atomic mass is 9.94. The molecule has 1 N–H and O–H groups in total. The van der Waals surface area contributed by atoms with Crippen LogP contribution in [-0.4, -0.2) is 32.8 Å². The lowest BCUT2D eigenvalue weighted by molar-refractivity contribution is 0.396. The van der Waals surface area contributed by atoms with Crippen molar-refractivity contribution in [2.45, 2.75) is 18.9 Å². The number of hydrogen-bond acceptors (Lipinski definition) is 3. The quantitative estimate of drug-likeness (QED) is 0.771. The molecule has 1 fully saturated rings. The Morgan fingerprint density at radius 2 is 2.38 bits per heavy atom. The number of nitrogens with one attached hydrogen (secondary N) is 1. The van der Waals surface area contributed by atoms with E-state index in [0.29, 0.717) is 6.04 Å². The Balaban J connectivity index is 2.01. The highest BCUT2D eigenvalue weighted by Gasteiger charge is 2.29. The lowest BCUT2D eigenvalue weighted by Gasteiger charge is -2.42. The van der Waals surface area contributed by atoms with Crippen LogP contribution in [0.25, 0.3) is 0 Å². The van der Waals surface area contributed by atoms with Gasteiger partial charge in [0.05, 0.1) is 7.11 Å². The van der Waals surface area contributed by atoms with Crippen LogP contribution in [0.15, 0.2) is 18.2 Å². The first kappa shape index (κ1) is 9.97. The maximum Gasteiger partial charge on any atom is 0.124 e. The third-order valence-corrected chi connectivity index (χ3v) is 3.72. The van der Waals surface area contributed by atoms with Crippen molar-refractivity contribution in [1.82, 2.24) is 5.32 Å². The van der Waals surface area contributed by atoms with Gasteiger partial charge in [-0.3, -0.25) is 0 Å². The van der Waals surface area contributed by atoms with Crippen LogP contribution in [0.4, 0.5) is 5.69 Å². The Labute approximate surface area is 96.4 Å². The average molecular weight is 218 g/mol. The molecule has 1 atom stereocenters. The fraction of sp³-hybridized carbons (Fsp3) is 0.538. The SMILES string of the molecule is COc1cccc2c1CC[C@@H]1CNCCN21. The monoisotopic (exact) mass is 218 g/mol. The van der Waals surface area contributed by atoms with Crippen molar-refractivity contribution in [3.8, 4) is 5.75 Å². The summed E-state index contributed by atoms with van der Waals surface area (Å²) in [4.78, 5) is 2.54. The van der Waals surface area contributed by atoms with Crippen molar-refractivity contribution in [2.75, 3.05) is 31.6 Å².